The maximum absolute atomic E-state index is 12.7. The standard InChI is InChI=1S/C16H22N4O3.ClH/c1-10-4-6-12(7-5-10)16(3)14(22)20(15(23)19-16)9-13(21)18-11(2)8-17;/h4-7,11H,8-9,17H2,1-3H3,(H,18,21)(H,19,23);1H/t11-,16?;/m0./s1. The second-order valence-electron chi connectivity index (χ2n) is 6.02. The number of carbonyl (C=O) groups is 3. The lowest BCUT2D eigenvalue weighted by molar-refractivity contribution is -0.135. The Balaban J connectivity index is 0.00000288. The molecule has 1 aliphatic rings. The lowest BCUT2D eigenvalue weighted by Crippen LogP contribution is -2.46. The van der Waals surface area contributed by atoms with Crippen LogP contribution in [0.1, 0.15) is 25.0 Å². The Labute approximate surface area is 147 Å². The number of nitrogens with zero attached hydrogens (tertiary/aromatic N) is 1. The van der Waals surface area contributed by atoms with E-state index in [4.69, 9.17) is 5.73 Å². The van der Waals surface area contributed by atoms with E-state index in [1.54, 1.807) is 26.0 Å². The highest BCUT2D eigenvalue weighted by Crippen LogP contribution is 2.28. The minimum absolute atomic E-state index is 0. The molecule has 0 aromatic heterocycles. The normalized spacial score (nSPS) is 21.1. The number of imide groups is 1. The molecule has 2 atom stereocenters. The third-order valence-electron chi connectivity index (χ3n) is 3.97. The number of hydrogen-bond donors (Lipinski definition) is 3. The van der Waals surface area contributed by atoms with Crippen molar-refractivity contribution < 1.29 is 14.4 Å². The topological polar surface area (TPSA) is 105 Å². The first-order valence-corrected chi connectivity index (χ1v) is 7.48. The van der Waals surface area contributed by atoms with E-state index in [2.05, 4.69) is 10.6 Å². The Morgan fingerprint density at radius 1 is 1.33 bits per heavy atom. The van der Waals surface area contributed by atoms with Crippen molar-refractivity contribution in [1.82, 2.24) is 15.5 Å². The van der Waals surface area contributed by atoms with Gasteiger partial charge in [-0.05, 0) is 26.3 Å². The van der Waals surface area contributed by atoms with Crippen molar-refractivity contribution in [2.75, 3.05) is 13.1 Å². The Hall–Kier alpha value is -2.12. The second kappa shape index (κ2) is 7.63. The van der Waals surface area contributed by atoms with E-state index in [1.165, 1.54) is 0 Å². The van der Waals surface area contributed by atoms with Gasteiger partial charge in [-0.15, -0.1) is 12.4 Å². The van der Waals surface area contributed by atoms with Crippen molar-refractivity contribution in [2.24, 2.45) is 5.73 Å². The zero-order valence-corrected chi connectivity index (χ0v) is 14.8. The van der Waals surface area contributed by atoms with Crippen LogP contribution in [-0.2, 0) is 15.1 Å². The number of amides is 4. The molecule has 0 saturated carbocycles. The summed E-state index contributed by atoms with van der Waals surface area (Å²) in [7, 11) is 0. The Morgan fingerprint density at radius 2 is 1.92 bits per heavy atom. The Morgan fingerprint density at radius 3 is 2.46 bits per heavy atom. The van der Waals surface area contributed by atoms with Crippen LogP contribution < -0.4 is 16.4 Å². The van der Waals surface area contributed by atoms with E-state index >= 15 is 0 Å². The zero-order valence-electron chi connectivity index (χ0n) is 14.0. The molecule has 1 aromatic carbocycles. The first kappa shape index (κ1) is 19.9. The summed E-state index contributed by atoms with van der Waals surface area (Å²) in [5.41, 5.74) is 6.01. The van der Waals surface area contributed by atoms with Crippen LogP contribution in [0.4, 0.5) is 4.79 Å². The Bertz CT molecular complexity index is 635. The molecule has 1 aromatic rings. The number of rotatable bonds is 5. The second-order valence-corrected chi connectivity index (χ2v) is 6.02. The molecule has 1 fully saturated rings. The first-order valence-electron chi connectivity index (χ1n) is 7.48. The van der Waals surface area contributed by atoms with Crippen molar-refractivity contribution in [1.29, 1.82) is 0 Å². The summed E-state index contributed by atoms with van der Waals surface area (Å²) in [5, 5.41) is 5.31. The highest BCUT2D eigenvalue weighted by atomic mass is 35.5. The molecule has 4 amide bonds. The molecular weight excluding hydrogens is 332 g/mol. The van der Waals surface area contributed by atoms with E-state index in [0.29, 0.717) is 5.56 Å². The number of hydrogen-bond acceptors (Lipinski definition) is 4. The summed E-state index contributed by atoms with van der Waals surface area (Å²) < 4.78 is 0. The van der Waals surface area contributed by atoms with Gasteiger partial charge >= 0.3 is 6.03 Å². The summed E-state index contributed by atoms with van der Waals surface area (Å²) in [6, 6.07) is 6.55. The lowest BCUT2D eigenvalue weighted by atomic mass is 9.91. The van der Waals surface area contributed by atoms with Gasteiger partial charge in [0.15, 0.2) is 0 Å². The van der Waals surface area contributed by atoms with Gasteiger partial charge in [-0.3, -0.25) is 14.5 Å². The van der Waals surface area contributed by atoms with Crippen LogP contribution in [0.15, 0.2) is 24.3 Å². The molecule has 7 nitrogen and oxygen atoms in total. The number of nitrogens with one attached hydrogen (secondary N) is 2. The largest absolute Gasteiger partial charge is 0.351 e. The van der Waals surface area contributed by atoms with Gasteiger partial charge < -0.3 is 16.4 Å². The van der Waals surface area contributed by atoms with Crippen LogP contribution in [0.3, 0.4) is 0 Å². The van der Waals surface area contributed by atoms with Gasteiger partial charge in [-0.2, -0.15) is 0 Å². The van der Waals surface area contributed by atoms with Gasteiger partial charge in [0.05, 0.1) is 0 Å². The summed E-state index contributed by atoms with van der Waals surface area (Å²) >= 11 is 0. The monoisotopic (exact) mass is 354 g/mol. The molecule has 1 unspecified atom stereocenters. The molecular formula is C16H23ClN4O3. The third kappa shape index (κ3) is 3.85. The maximum Gasteiger partial charge on any atom is 0.325 e. The van der Waals surface area contributed by atoms with Gasteiger partial charge in [-0.1, -0.05) is 29.8 Å². The molecule has 4 N–H and O–H groups in total. The summed E-state index contributed by atoms with van der Waals surface area (Å²) in [4.78, 5) is 37.6. The quantitative estimate of drug-likeness (QED) is 0.675. The fourth-order valence-electron chi connectivity index (χ4n) is 2.45. The molecule has 0 aliphatic carbocycles. The van der Waals surface area contributed by atoms with Crippen molar-refractivity contribution in [3.8, 4) is 0 Å². The average molecular weight is 355 g/mol. The molecule has 24 heavy (non-hydrogen) atoms. The number of halogens is 1. The maximum atomic E-state index is 12.7. The average Bonchev–Trinajstić information content (AvgIpc) is 2.72. The molecule has 0 radical (unpaired) electrons. The molecule has 0 spiro atoms. The number of urea groups is 1. The van der Waals surface area contributed by atoms with Crippen LogP contribution >= 0.6 is 12.4 Å². The zero-order chi connectivity index (χ0) is 17.2. The van der Waals surface area contributed by atoms with Crippen LogP contribution in [0.5, 0.6) is 0 Å². The van der Waals surface area contributed by atoms with Gasteiger partial charge in [0, 0.05) is 12.6 Å². The molecule has 2 rings (SSSR count). The van der Waals surface area contributed by atoms with Crippen LogP contribution in [0, 0.1) is 6.92 Å². The number of carbonyl (C=O) groups excluding carboxylic acids is 3. The predicted octanol–water partition coefficient (Wildman–Crippen LogP) is 0.647. The smallest absolute Gasteiger partial charge is 0.325 e. The lowest BCUT2D eigenvalue weighted by Gasteiger charge is -2.22. The predicted molar refractivity (Wildman–Crippen MR) is 92.7 cm³/mol. The summed E-state index contributed by atoms with van der Waals surface area (Å²) in [6.07, 6.45) is 0. The van der Waals surface area contributed by atoms with Crippen LogP contribution in [0.2, 0.25) is 0 Å². The molecule has 1 aliphatic heterocycles. The van der Waals surface area contributed by atoms with Gasteiger partial charge in [-0.25, -0.2) is 4.79 Å². The number of nitrogens with two attached hydrogens (primary N) is 1. The van der Waals surface area contributed by atoms with Crippen molar-refractivity contribution >= 4 is 30.3 Å². The van der Waals surface area contributed by atoms with Gasteiger partial charge in [0.2, 0.25) is 5.91 Å². The highest BCUT2D eigenvalue weighted by molar-refractivity contribution is 6.09. The van der Waals surface area contributed by atoms with Gasteiger partial charge in [0.25, 0.3) is 5.91 Å². The number of benzene rings is 1. The van der Waals surface area contributed by atoms with Crippen LogP contribution in [0.25, 0.3) is 0 Å². The van der Waals surface area contributed by atoms with Gasteiger partial charge in [0.1, 0.15) is 12.1 Å². The Kier molecular flexibility index (Phi) is 6.34. The fourth-order valence-corrected chi connectivity index (χ4v) is 2.45. The van der Waals surface area contributed by atoms with Crippen molar-refractivity contribution in [2.45, 2.75) is 32.4 Å². The molecule has 8 heteroatoms. The summed E-state index contributed by atoms with van der Waals surface area (Å²) in [5.74, 6) is -0.860. The first-order chi connectivity index (χ1) is 10.8. The minimum atomic E-state index is -1.16. The van der Waals surface area contributed by atoms with Crippen molar-refractivity contribution in [3.63, 3.8) is 0 Å². The molecule has 1 heterocycles. The van der Waals surface area contributed by atoms with E-state index < -0.39 is 23.4 Å². The molecule has 0 bridgehead atoms. The van der Waals surface area contributed by atoms with E-state index in [1.807, 2.05) is 19.1 Å². The summed E-state index contributed by atoms with van der Waals surface area (Å²) in [6.45, 7) is 5.29. The van der Waals surface area contributed by atoms with Crippen molar-refractivity contribution in [3.05, 3.63) is 35.4 Å². The minimum Gasteiger partial charge on any atom is -0.351 e. The fraction of sp³-hybridized carbons (Fsp3) is 0.438. The molecule has 132 valence electrons. The SMILES string of the molecule is Cc1ccc(C2(C)NC(=O)N(CC(=O)N[C@@H](C)CN)C2=O)cc1.Cl. The van der Waals surface area contributed by atoms with E-state index in [9.17, 15) is 14.4 Å². The van der Waals surface area contributed by atoms with Crippen LogP contribution in [-0.4, -0.2) is 41.9 Å². The number of aryl methyl sites for hydroxylation is 1. The third-order valence-corrected chi connectivity index (χ3v) is 3.97. The van der Waals surface area contributed by atoms with E-state index in [0.717, 1.165) is 10.5 Å². The highest BCUT2D eigenvalue weighted by Gasteiger charge is 2.49. The molecule has 1 saturated heterocycles. The van der Waals surface area contributed by atoms with E-state index in [-0.39, 0.29) is 31.5 Å².